The van der Waals surface area contributed by atoms with Crippen molar-refractivity contribution < 1.29 is 0 Å². The van der Waals surface area contributed by atoms with E-state index in [9.17, 15) is 0 Å². The Labute approximate surface area is 139 Å². The second-order valence-electron chi connectivity index (χ2n) is 5.96. The lowest BCUT2D eigenvalue weighted by Crippen LogP contribution is -2.42. The molecule has 1 aliphatic carbocycles. The average Bonchev–Trinajstić information content (AvgIpc) is 3.22. The number of hydrogen-bond acceptors (Lipinski definition) is 2. The lowest BCUT2D eigenvalue weighted by molar-refractivity contribution is 0.414. The highest BCUT2D eigenvalue weighted by Gasteiger charge is 2.50. The van der Waals surface area contributed by atoms with Gasteiger partial charge in [-0.3, -0.25) is 0 Å². The molecule has 1 saturated carbocycles. The maximum atomic E-state index is 3.82. The van der Waals surface area contributed by atoms with Gasteiger partial charge < -0.3 is 5.32 Å². The van der Waals surface area contributed by atoms with Gasteiger partial charge in [-0.05, 0) is 59.8 Å². The van der Waals surface area contributed by atoms with E-state index in [1.54, 1.807) is 0 Å². The summed E-state index contributed by atoms with van der Waals surface area (Å²) in [6, 6.07) is 13.9. The second-order valence-corrected chi connectivity index (χ2v) is 7.88. The number of benzene rings is 1. The minimum atomic E-state index is 0.354. The first-order valence-corrected chi connectivity index (χ1v) is 9.44. The first-order chi connectivity index (χ1) is 10.2. The van der Waals surface area contributed by atoms with Crippen LogP contribution < -0.4 is 5.32 Å². The maximum absolute atomic E-state index is 3.82. The molecule has 21 heavy (non-hydrogen) atoms. The molecule has 0 radical (unpaired) electrons. The summed E-state index contributed by atoms with van der Waals surface area (Å²) in [4.78, 5) is 1.47. The van der Waals surface area contributed by atoms with E-state index in [1.165, 1.54) is 34.2 Å². The third-order valence-electron chi connectivity index (χ3n) is 4.47. The van der Waals surface area contributed by atoms with E-state index in [2.05, 4.69) is 69.9 Å². The van der Waals surface area contributed by atoms with Gasteiger partial charge in [-0.2, -0.15) is 0 Å². The summed E-state index contributed by atoms with van der Waals surface area (Å²) in [7, 11) is 0. The third kappa shape index (κ3) is 3.41. The smallest absolute Gasteiger partial charge is 0.0285 e. The second kappa shape index (κ2) is 6.64. The van der Waals surface area contributed by atoms with Gasteiger partial charge in [0.05, 0.1) is 0 Å². The van der Waals surface area contributed by atoms with Crippen LogP contribution in [0.15, 0.2) is 46.3 Å². The van der Waals surface area contributed by atoms with Gasteiger partial charge in [0.2, 0.25) is 0 Å². The predicted octanol–water partition coefficient (Wildman–Crippen LogP) is 5.15. The van der Waals surface area contributed by atoms with Gasteiger partial charge in [0.25, 0.3) is 0 Å². The van der Waals surface area contributed by atoms with Crippen molar-refractivity contribution in [2.45, 2.75) is 44.1 Å². The first kappa shape index (κ1) is 15.3. The van der Waals surface area contributed by atoms with Crippen molar-refractivity contribution in [1.82, 2.24) is 5.32 Å². The lowest BCUT2D eigenvalue weighted by Gasteiger charge is -2.28. The van der Waals surface area contributed by atoms with Crippen molar-refractivity contribution >= 4 is 27.3 Å². The van der Waals surface area contributed by atoms with Gasteiger partial charge in [-0.15, -0.1) is 11.3 Å². The molecule has 1 heterocycles. The van der Waals surface area contributed by atoms with Crippen LogP contribution in [0.25, 0.3) is 0 Å². The van der Waals surface area contributed by atoms with Crippen LogP contribution in [0.4, 0.5) is 0 Å². The van der Waals surface area contributed by atoms with Crippen LogP contribution in [0.1, 0.15) is 36.6 Å². The molecular weight excluding hydrogens is 342 g/mol. The molecular formula is C18H22BrNS. The highest BCUT2D eigenvalue weighted by molar-refractivity contribution is 9.10. The number of thiophene rings is 1. The molecule has 1 aliphatic rings. The Kier molecular flexibility index (Phi) is 4.82. The van der Waals surface area contributed by atoms with Crippen LogP contribution in [-0.2, 0) is 11.8 Å². The molecule has 2 aromatic rings. The van der Waals surface area contributed by atoms with E-state index in [1.807, 2.05) is 11.3 Å². The Hall–Kier alpha value is -0.640. The molecule has 0 spiro atoms. The van der Waals surface area contributed by atoms with Gasteiger partial charge in [0.15, 0.2) is 0 Å². The maximum Gasteiger partial charge on any atom is 0.0285 e. The molecule has 1 nitrogen and oxygen atoms in total. The number of halogens is 1. The fourth-order valence-electron chi connectivity index (χ4n) is 3.19. The summed E-state index contributed by atoms with van der Waals surface area (Å²) in [6.07, 6.45) is 4.94. The summed E-state index contributed by atoms with van der Waals surface area (Å²) >= 11 is 5.44. The highest BCUT2D eigenvalue weighted by Crippen LogP contribution is 2.51. The Balaban J connectivity index is 1.82. The Morgan fingerprint density at radius 2 is 2.05 bits per heavy atom. The molecule has 1 aromatic heterocycles. The van der Waals surface area contributed by atoms with E-state index < -0.39 is 0 Å². The molecule has 1 aromatic carbocycles. The summed E-state index contributed by atoms with van der Waals surface area (Å²) in [6.45, 7) is 3.35. The van der Waals surface area contributed by atoms with Crippen LogP contribution in [0.5, 0.6) is 0 Å². The average molecular weight is 364 g/mol. The van der Waals surface area contributed by atoms with Crippen molar-refractivity contribution in [3.8, 4) is 0 Å². The van der Waals surface area contributed by atoms with E-state index in [4.69, 9.17) is 0 Å². The van der Waals surface area contributed by atoms with Crippen molar-refractivity contribution in [3.05, 3.63) is 56.7 Å². The number of nitrogens with one attached hydrogen (secondary N) is 1. The van der Waals surface area contributed by atoms with Gasteiger partial charge in [0.1, 0.15) is 0 Å². The van der Waals surface area contributed by atoms with Crippen molar-refractivity contribution in [2.75, 3.05) is 6.54 Å². The standard InChI is InChI=1S/C18H22BrNS/c1-2-10-20-17(12-16-11-15(19)13-21-16)18(8-9-18)14-6-4-3-5-7-14/h3-7,11,13,17,20H,2,8-10,12H2,1H3. The largest absolute Gasteiger partial charge is 0.313 e. The molecule has 3 rings (SSSR count). The van der Waals surface area contributed by atoms with Gasteiger partial charge >= 0.3 is 0 Å². The molecule has 1 atom stereocenters. The van der Waals surface area contributed by atoms with Crippen molar-refractivity contribution in [2.24, 2.45) is 0 Å². The molecule has 3 heteroatoms. The first-order valence-electron chi connectivity index (χ1n) is 7.76. The van der Waals surface area contributed by atoms with E-state index >= 15 is 0 Å². The number of hydrogen-bond donors (Lipinski definition) is 1. The third-order valence-corrected chi connectivity index (χ3v) is 6.19. The Morgan fingerprint density at radius 1 is 1.29 bits per heavy atom. The lowest BCUT2D eigenvalue weighted by atomic mass is 9.85. The van der Waals surface area contributed by atoms with Crippen molar-refractivity contribution in [3.63, 3.8) is 0 Å². The zero-order chi connectivity index (χ0) is 14.7. The molecule has 112 valence electrons. The summed E-state index contributed by atoms with van der Waals surface area (Å²) < 4.78 is 1.21. The fourth-order valence-corrected chi connectivity index (χ4v) is 4.68. The predicted molar refractivity (Wildman–Crippen MR) is 95.2 cm³/mol. The van der Waals surface area contributed by atoms with E-state index in [0.29, 0.717) is 11.5 Å². The molecule has 1 N–H and O–H groups in total. The van der Waals surface area contributed by atoms with Gasteiger partial charge in [-0.1, -0.05) is 37.3 Å². The Bertz CT molecular complexity index is 574. The molecule has 0 saturated heterocycles. The van der Waals surface area contributed by atoms with Crippen LogP contribution in [-0.4, -0.2) is 12.6 Å². The van der Waals surface area contributed by atoms with Crippen LogP contribution >= 0.6 is 27.3 Å². The highest BCUT2D eigenvalue weighted by atomic mass is 79.9. The molecule has 0 amide bonds. The summed E-state index contributed by atoms with van der Waals surface area (Å²) in [5, 5.41) is 6.01. The Morgan fingerprint density at radius 3 is 2.62 bits per heavy atom. The van der Waals surface area contributed by atoms with Crippen LogP contribution in [0.2, 0.25) is 0 Å². The van der Waals surface area contributed by atoms with Gasteiger partial charge in [-0.25, -0.2) is 0 Å². The molecule has 0 aliphatic heterocycles. The normalized spacial score (nSPS) is 17.6. The van der Waals surface area contributed by atoms with Crippen molar-refractivity contribution in [1.29, 1.82) is 0 Å². The molecule has 1 fully saturated rings. The minimum Gasteiger partial charge on any atom is -0.313 e. The zero-order valence-corrected chi connectivity index (χ0v) is 14.8. The quantitative estimate of drug-likeness (QED) is 0.716. The fraction of sp³-hybridized carbons (Fsp3) is 0.444. The number of rotatable bonds is 7. The van der Waals surface area contributed by atoms with E-state index in [0.717, 1.165) is 13.0 Å². The minimum absolute atomic E-state index is 0.354. The zero-order valence-electron chi connectivity index (χ0n) is 12.4. The van der Waals surface area contributed by atoms with E-state index in [-0.39, 0.29) is 0 Å². The molecule has 1 unspecified atom stereocenters. The molecule has 0 bridgehead atoms. The SMILES string of the molecule is CCCNC(Cc1cc(Br)cs1)C1(c2ccccc2)CC1. The monoisotopic (exact) mass is 363 g/mol. The topological polar surface area (TPSA) is 12.0 Å². The summed E-state index contributed by atoms with van der Waals surface area (Å²) in [5.41, 5.74) is 1.86. The van der Waals surface area contributed by atoms with Crippen LogP contribution in [0, 0.1) is 0 Å². The summed E-state index contributed by atoms with van der Waals surface area (Å²) in [5.74, 6) is 0. The van der Waals surface area contributed by atoms with Crippen LogP contribution in [0.3, 0.4) is 0 Å². The van der Waals surface area contributed by atoms with Gasteiger partial charge in [0, 0.05) is 26.2 Å².